The Morgan fingerprint density at radius 1 is 1.04 bits per heavy atom. The van der Waals surface area contributed by atoms with E-state index in [0.717, 1.165) is 30.0 Å². The fourth-order valence-corrected chi connectivity index (χ4v) is 7.54. The molecule has 2 N–H and O–H groups in total. The summed E-state index contributed by atoms with van der Waals surface area (Å²) in [5.41, 5.74) is 10.4. The first-order valence-electron chi connectivity index (χ1n) is 10.6. The van der Waals surface area contributed by atoms with E-state index in [-0.39, 0.29) is 11.0 Å². The number of hydrogen-bond acceptors (Lipinski definition) is 4. The third-order valence-electron chi connectivity index (χ3n) is 8.48. The Morgan fingerprint density at radius 3 is 2.11 bits per heavy atom. The minimum atomic E-state index is -0.205. The monoisotopic (exact) mass is 367 g/mol. The molecule has 0 radical (unpaired) electrons. The van der Waals surface area contributed by atoms with Crippen LogP contribution in [0.4, 0.5) is 0 Å². The summed E-state index contributed by atoms with van der Waals surface area (Å²) >= 11 is 0. The van der Waals surface area contributed by atoms with Gasteiger partial charge in [0.15, 0.2) is 5.96 Å². The van der Waals surface area contributed by atoms with E-state index in [1.54, 1.807) is 7.11 Å². The fraction of sp³-hybridized carbons (Fsp3) is 0.696. The van der Waals surface area contributed by atoms with Crippen molar-refractivity contribution in [3.63, 3.8) is 0 Å². The Bertz CT molecular complexity index is 779. The van der Waals surface area contributed by atoms with Crippen LogP contribution in [0.3, 0.4) is 0 Å². The first-order chi connectivity index (χ1) is 12.9. The molecule has 146 valence electrons. The molecule has 4 nitrogen and oxygen atoms in total. The number of aliphatic imine (C=N–C) groups is 1. The van der Waals surface area contributed by atoms with Crippen molar-refractivity contribution in [3.8, 4) is 5.75 Å². The van der Waals surface area contributed by atoms with Gasteiger partial charge in [-0.3, -0.25) is 0 Å². The van der Waals surface area contributed by atoms with E-state index in [1.807, 2.05) is 0 Å². The van der Waals surface area contributed by atoms with Gasteiger partial charge in [-0.2, -0.15) is 0 Å². The number of guanidine groups is 1. The molecule has 4 aliphatic carbocycles. The van der Waals surface area contributed by atoms with E-state index >= 15 is 0 Å². The molecule has 6 rings (SSSR count). The minimum absolute atomic E-state index is 0.205. The van der Waals surface area contributed by atoms with Crippen LogP contribution in [0.15, 0.2) is 17.1 Å². The highest BCUT2D eigenvalue weighted by molar-refractivity contribution is 5.81. The molecule has 4 fully saturated rings. The second-order valence-electron chi connectivity index (χ2n) is 9.95. The van der Waals surface area contributed by atoms with Gasteiger partial charge in [0.25, 0.3) is 0 Å². The Hall–Kier alpha value is -1.71. The normalized spacial score (nSPS) is 39.8. The molecule has 4 saturated carbocycles. The maximum atomic E-state index is 6.41. The molecule has 4 heteroatoms. The third-order valence-corrected chi connectivity index (χ3v) is 8.48. The molecule has 5 aliphatic rings. The van der Waals surface area contributed by atoms with Gasteiger partial charge in [0.2, 0.25) is 0 Å². The van der Waals surface area contributed by atoms with Crippen LogP contribution in [0, 0.1) is 37.0 Å². The zero-order valence-corrected chi connectivity index (χ0v) is 17.2. The lowest BCUT2D eigenvalue weighted by Gasteiger charge is -2.62. The van der Waals surface area contributed by atoms with Crippen LogP contribution in [0.2, 0.25) is 0 Å². The lowest BCUT2D eigenvalue weighted by molar-refractivity contribution is -0.0989. The second kappa shape index (κ2) is 5.65. The Balaban J connectivity index is 1.70. The number of hydrogen-bond donors (Lipinski definition) is 1. The number of nitrogens with zero attached hydrogens (tertiary/aromatic N) is 2. The third kappa shape index (κ3) is 2.25. The molecule has 1 aromatic carbocycles. The van der Waals surface area contributed by atoms with E-state index < -0.39 is 0 Å². The predicted octanol–water partition coefficient (Wildman–Crippen LogP) is 3.98. The van der Waals surface area contributed by atoms with Gasteiger partial charge < -0.3 is 15.4 Å². The highest BCUT2D eigenvalue weighted by Gasteiger charge is 2.63. The van der Waals surface area contributed by atoms with Crippen molar-refractivity contribution in [2.24, 2.45) is 33.9 Å². The van der Waals surface area contributed by atoms with Gasteiger partial charge in [0, 0.05) is 12.5 Å². The number of methoxy groups -OCH3 is 1. The van der Waals surface area contributed by atoms with E-state index in [0.29, 0.717) is 5.96 Å². The maximum absolute atomic E-state index is 6.41. The van der Waals surface area contributed by atoms with E-state index in [9.17, 15) is 0 Å². The second-order valence-corrected chi connectivity index (χ2v) is 9.95. The summed E-state index contributed by atoms with van der Waals surface area (Å²) in [6.45, 7) is 5.34. The predicted molar refractivity (Wildman–Crippen MR) is 109 cm³/mol. The molecule has 1 aliphatic heterocycles. The van der Waals surface area contributed by atoms with Crippen LogP contribution < -0.4 is 10.5 Å². The fourth-order valence-electron chi connectivity index (χ4n) is 7.54. The van der Waals surface area contributed by atoms with Crippen LogP contribution >= 0.6 is 0 Å². The summed E-state index contributed by atoms with van der Waals surface area (Å²) in [5.74, 6) is 4.37. The van der Waals surface area contributed by atoms with Crippen molar-refractivity contribution in [2.45, 2.75) is 57.9 Å². The van der Waals surface area contributed by atoms with Crippen LogP contribution in [-0.2, 0) is 5.54 Å². The summed E-state index contributed by atoms with van der Waals surface area (Å²) in [7, 11) is 3.86. The standard InChI is InChI=1S/C23H33N3O/c1-14-15(2)20(27-4)6-5-19(14)23(13-26(3)21(24)25-23)22-10-16-7-17(11-22)9-18(8-16)12-22/h5-6,16-18H,7-13H2,1-4H3,(H2,24,25). The number of nitrogens with two attached hydrogens (primary N) is 1. The molecule has 0 saturated heterocycles. The van der Waals surface area contributed by atoms with Crippen molar-refractivity contribution < 1.29 is 4.74 Å². The van der Waals surface area contributed by atoms with Gasteiger partial charge in [-0.05, 0) is 92.9 Å². The van der Waals surface area contributed by atoms with E-state index in [2.05, 4.69) is 37.9 Å². The van der Waals surface area contributed by atoms with E-state index in [1.165, 1.54) is 55.2 Å². The lowest BCUT2D eigenvalue weighted by atomic mass is 9.43. The molecule has 0 aromatic heterocycles. The number of rotatable bonds is 3. The summed E-state index contributed by atoms with van der Waals surface area (Å²) in [5, 5.41) is 0. The molecule has 0 amide bonds. The van der Waals surface area contributed by atoms with E-state index in [4.69, 9.17) is 15.5 Å². The average molecular weight is 368 g/mol. The topological polar surface area (TPSA) is 50.9 Å². The SMILES string of the molecule is COc1ccc(C2(C34CC5CC(CC(C5)C3)C4)CN(C)C(N)=N2)c(C)c1C. The lowest BCUT2D eigenvalue weighted by Crippen LogP contribution is -2.57. The zero-order chi connectivity index (χ0) is 19.0. The van der Waals surface area contributed by atoms with Crippen molar-refractivity contribution in [1.29, 1.82) is 0 Å². The number of benzene rings is 1. The molecular formula is C23H33N3O. The minimum Gasteiger partial charge on any atom is -0.496 e. The Labute approximate surface area is 163 Å². The zero-order valence-electron chi connectivity index (χ0n) is 17.2. The Morgan fingerprint density at radius 2 is 1.63 bits per heavy atom. The van der Waals surface area contributed by atoms with Gasteiger partial charge in [-0.15, -0.1) is 0 Å². The largest absolute Gasteiger partial charge is 0.496 e. The highest BCUT2D eigenvalue weighted by atomic mass is 16.5. The quantitative estimate of drug-likeness (QED) is 0.879. The van der Waals surface area contributed by atoms with Crippen LogP contribution in [0.5, 0.6) is 5.75 Å². The molecule has 1 heterocycles. The smallest absolute Gasteiger partial charge is 0.192 e. The highest BCUT2D eigenvalue weighted by Crippen LogP contribution is 2.67. The summed E-state index contributed by atoms with van der Waals surface area (Å²) in [4.78, 5) is 7.48. The van der Waals surface area contributed by atoms with Crippen LogP contribution in [0.1, 0.15) is 55.2 Å². The molecule has 4 bridgehead atoms. The number of likely N-dealkylation sites (N-methyl/N-ethyl adjacent to an activating group) is 1. The van der Waals surface area contributed by atoms with Crippen molar-refractivity contribution in [1.82, 2.24) is 4.90 Å². The van der Waals surface area contributed by atoms with Gasteiger partial charge in [-0.25, -0.2) is 4.99 Å². The molecular weight excluding hydrogens is 334 g/mol. The molecule has 1 atom stereocenters. The maximum Gasteiger partial charge on any atom is 0.192 e. The van der Waals surface area contributed by atoms with Crippen molar-refractivity contribution >= 4 is 5.96 Å². The first kappa shape index (κ1) is 17.4. The van der Waals surface area contributed by atoms with Gasteiger partial charge in [0.05, 0.1) is 13.7 Å². The van der Waals surface area contributed by atoms with Gasteiger partial charge in [-0.1, -0.05) is 6.07 Å². The molecule has 1 unspecified atom stereocenters. The van der Waals surface area contributed by atoms with Gasteiger partial charge >= 0.3 is 0 Å². The van der Waals surface area contributed by atoms with Crippen LogP contribution in [-0.4, -0.2) is 31.6 Å². The average Bonchev–Trinajstić information content (AvgIpc) is 2.92. The summed E-state index contributed by atoms with van der Waals surface area (Å²) in [6, 6.07) is 4.43. The van der Waals surface area contributed by atoms with Crippen LogP contribution in [0.25, 0.3) is 0 Å². The summed E-state index contributed by atoms with van der Waals surface area (Å²) < 4.78 is 5.60. The molecule has 0 spiro atoms. The van der Waals surface area contributed by atoms with Crippen molar-refractivity contribution in [2.75, 3.05) is 20.7 Å². The summed E-state index contributed by atoms with van der Waals surface area (Å²) in [6.07, 6.45) is 8.33. The van der Waals surface area contributed by atoms with Crippen molar-refractivity contribution in [3.05, 3.63) is 28.8 Å². The molecule has 27 heavy (non-hydrogen) atoms. The number of ether oxygens (including phenoxy) is 1. The first-order valence-corrected chi connectivity index (χ1v) is 10.6. The Kier molecular flexibility index (Phi) is 3.64. The van der Waals surface area contributed by atoms with Gasteiger partial charge in [0.1, 0.15) is 11.3 Å². The molecule has 1 aromatic rings.